The number of rotatable bonds is 3. The third kappa shape index (κ3) is 2.93. The summed E-state index contributed by atoms with van der Waals surface area (Å²) in [5, 5.41) is 0. The largest absolute Gasteiger partial charge is 0.303 e. The maximum atomic E-state index is 5.61. The van der Waals surface area contributed by atoms with Crippen molar-refractivity contribution in [3.05, 3.63) is 0 Å². The zero-order valence-corrected chi connectivity index (χ0v) is 10.1. The number of nitrogens with zero attached hydrogens (tertiary/aromatic N) is 1. The predicted molar refractivity (Wildman–Crippen MR) is 58.3 cm³/mol. The van der Waals surface area contributed by atoms with Gasteiger partial charge in [0.2, 0.25) is 0 Å². The van der Waals surface area contributed by atoms with E-state index in [1.165, 1.54) is 0 Å². The quantitative estimate of drug-likeness (QED) is 0.515. The zero-order valence-electron chi connectivity index (χ0n) is 10.1. The van der Waals surface area contributed by atoms with Crippen molar-refractivity contribution in [1.29, 1.82) is 0 Å². The predicted octanol–water partition coefficient (Wildman–Crippen LogP) is 1.20. The molecule has 0 radical (unpaired) electrons. The third-order valence-electron chi connectivity index (χ3n) is 2.89. The molecule has 0 spiro atoms. The first-order valence-corrected chi connectivity index (χ1v) is 4.77. The van der Waals surface area contributed by atoms with Gasteiger partial charge in [0.25, 0.3) is 0 Å². The molecule has 0 aliphatic carbocycles. The Balaban J connectivity index is 4.77. The Hall–Kier alpha value is -0.120. The molecule has 0 amide bonds. The summed E-state index contributed by atoms with van der Waals surface area (Å²) in [4.78, 5) is 2.20. The van der Waals surface area contributed by atoms with E-state index in [1.807, 2.05) is 0 Å². The smallest absolute Gasteiger partial charge is 0.0437 e. The van der Waals surface area contributed by atoms with Crippen molar-refractivity contribution in [2.24, 2.45) is 11.3 Å². The van der Waals surface area contributed by atoms with Gasteiger partial charge in [0.15, 0.2) is 0 Å². The fourth-order valence-corrected chi connectivity index (χ4v) is 1.77. The van der Waals surface area contributed by atoms with Crippen LogP contribution in [-0.4, -0.2) is 30.6 Å². The van der Waals surface area contributed by atoms with Gasteiger partial charge in [-0.2, -0.15) is 0 Å². The standard InChI is InChI=1S/C10H25N3/c1-9(2,3)8(12-11)10(4,5)13(6)7/h8,12H,11H2,1-7H3. The molecule has 0 aromatic heterocycles. The molecule has 13 heavy (non-hydrogen) atoms. The van der Waals surface area contributed by atoms with Crippen LogP contribution in [-0.2, 0) is 0 Å². The van der Waals surface area contributed by atoms with E-state index in [0.717, 1.165) is 0 Å². The van der Waals surface area contributed by atoms with Crippen LogP contribution in [0.25, 0.3) is 0 Å². The van der Waals surface area contributed by atoms with Crippen molar-refractivity contribution in [3.63, 3.8) is 0 Å². The van der Waals surface area contributed by atoms with Gasteiger partial charge in [-0.25, -0.2) is 0 Å². The summed E-state index contributed by atoms with van der Waals surface area (Å²) in [7, 11) is 4.16. The molecule has 80 valence electrons. The van der Waals surface area contributed by atoms with Gasteiger partial charge in [-0.3, -0.25) is 11.3 Å². The maximum absolute atomic E-state index is 5.61. The molecule has 1 unspecified atom stereocenters. The molecule has 0 fully saturated rings. The lowest BCUT2D eigenvalue weighted by Crippen LogP contribution is -2.62. The summed E-state index contributed by atoms with van der Waals surface area (Å²) >= 11 is 0. The summed E-state index contributed by atoms with van der Waals surface area (Å²) in [6.45, 7) is 11.0. The fourth-order valence-electron chi connectivity index (χ4n) is 1.77. The van der Waals surface area contributed by atoms with E-state index in [9.17, 15) is 0 Å². The van der Waals surface area contributed by atoms with Gasteiger partial charge >= 0.3 is 0 Å². The second kappa shape index (κ2) is 3.95. The Labute approximate surface area is 82.6 Å². The van der Waals surface area contributed by atoms with Crippen molar-refractivity contribution >= 4 is 0 Å². The number of hydrogen-bond acceptors (Lipinski definition) is 3. The van der Waals surface area contributed by atoms with Gasteiger partial charge in [0.1, 0.15) is 0 Å². The second-order valence-electron chi connectivity index (χ2n) is 5.51. The number of hydrogen-bond donors (Lipinski definition) is 2. The Morgan fingerprint density at radius 1 is 1.08 bits per heavy atom. The summed E-state index contributed by atoms with van der Waals surface area (Å²) in [5.74, 6) is 5.61. The molecule has 3 nitrogen and oxygen atoms in total. The lowest BCUT2D eigenvalue weighted by Gasteiger charge is -2.46. The van der Waals surface area contributed by atoms with Crippen LogP contribution in [0.5, 0.6) is 0 Å². The normalized spacial score (nSPS) is 16.4. The lowest BCUT2D eigenvalue weighted by molar-refractivity contribution is 0.0729. The van der Waals surface area contributed by atoms with E-state index in [1.54, 1.807) is 0 Å². The van der Waals surface area contributed by atoms with Crippen molar-refractivity contribution < 1.29 is 0 Å². The topological polar surface area (TPSA) is 41.3 Å². The van der Waals surface area contributed by atoms with Gasteiger partial charge in [0, 0.05) is 11.6 Å². The Bertz CT molecular complexity index is 156. The van der Waals surface area contributed by atoms with Gasteiger partial charge in [0.05, 0.1) is 0 Å². The minimum Gasteiger partial charge on any atom is -0.303 e. The minimum absolute atomic E-state index is 0.0486. The molecule has 0 aliphatic heterocycles. The van der Waals surface area contributed by atoms with E-state index >= 15 is 0 Å². The van der Waals surface area contributed by atoms with E-state index in [2.05, 4.69) is 59.0 Å². The van der Waals surface area contributed by atoms with Crippen LogP contribution in [0.2, 0.25) is 0 Å². The molecule has 3 N–H and O–H groups in total. The molecule has 0 rings (SSSR count). The summed E-state index contributed by atoms with van der Waals surface area (Å²) in [6, 6.07) is 0.259. The van der Waals surface area contributed by atoms with Crippen LogP contribution < -0.4 is 11.3 Å². The highest BCUT2D eigenvalue weighted by Gasteiger charge is 2.38. The van der Waals surface area contributed by atoms with Crippen LogP contribution >= 0.6 is 0 Å². The fraction of sp³-hybridized carbons (Fsp3) is 1.00. The minimum atomic E-state index is 0.0486. The van der Waals surface area contributed by atoms with Gasteiger partial charge < -0.3 is 4.90 Å². The summed E-state index contributed by atoms with van der Waals surface area (Å²) in [6.07, 6.45) is 0. The highest BCUT2D eigenvalue weighted by Crippen LogP contribution is 2.29. The van der Waals surface area contributed by atoms with Crippen LogP contribution in [0.3, 0.4) is 0 Å². The Morgan fingerprint density at radius 2 is 1.46 bits per heavy atom. The highest BCUT2D eigenvalue weighted by molar-refractivity contribution is 4.96. The maximum Gasteiger partial charge on any atom is 0.0437 e. The van der Waals surface area contributed by atoms with Crippen molar-refractivity contribution in [2.45, 2.75) is 46.2 Å². The van der Waals surface area contributed by atoms with E-state index in [-0.39, 0.29) is 17.0 Å². The van der Waals surface area contributed by atoms with Gasteiger partial charge in [-0.05, 0) is 33.4 Å². The molecule has 0 aromatic carbocycles. The number of nitrogens with two attached hydrogens (primary N) is 1. The van der Waals surface area contributed by atoms with Crippen LogP contribution in [0, 0.1) is 5.41 Å². The summed E-state index contributed by atoms with van der Waals surface area (Å²) in [5.41, 5.74) is 3.13. The van der Waals surface area contributed by atoms with E-state index in [4.69, 9.17) is 5.84 Å². The van der Waals surface area contributed by atoms with Crippen molar-refractivity contribution in [1.82, 2.24) is 10.3 Å². The molecule has 0 heterocycles. The molecule has 0 saturated heterocycles. The molecule has 0 aliphatic rings. The first kappa shape index (κ1) is 12.9. The summed E-state index contributed by atoms with van der Waals surface area (Å²) < 4.78 is 0. The highest BCUT2D eigenvalue weighted by atomic mass is 15.3. The number of likely N-dealkylation sites (N-methyl/N-ethyl adjacent to an activating group) is 1. The molecular formula is C10H25N3. The van der Waals surface area contributed by atoms with Crippen LogP contribution in [0.15, 0.2) is 0 Å². The second-order valence-corrected chi connectivity index (χ2v) is 5.51. The molecule has 1 atom stereocenters. The monoisotopic (exact) mass is 187 g/mol. The van der Waals surface area contributed by atoms with Crippen LogP contribution in [0.1, 0.15) is 34.6 Å². The zero-order chi connectivity index (χ0) is 10.9. The van der Waals surface area contributed by atoms with Crippen molar-refractivity contribution in [2.75, 3.05) is 14.1 Å². The van der Waals surface area contributed by atoms with E-state index in [0.29, 0.717) is 0 Å². The number of nitrogens with one attached hydrogen (secondary N) is 1. The first-order chi connectivity index (χ1) is 5.64. The Morgan fingerprint density at radius 3 is 1.54 bits per heavy atom. The Kier molecular flexibility index (Phi) is 3.91. The SMILES string of the molecule is CN(C)C(C)(C)C(NN)C(C)(C)C. The van der Waals surface area contributed by atoms with E-state index < -0.39 is 0 Å². The van der Waals surface area contributed by atoms with Crippen LogP contribution in [0.4, 0.5) is 0 Å². The average Bonchev–Trinajstić information content (AvgIpc) is 1.83. The third-order valence-corrected chi connectivity index (χ3v) is 2.89. The molecule has 0 saturated carbocycles. The van der Waals surface area contributed by atoms with Crippen molar-refractivity contribution in [3.8, 4) is 0 Å². The average molecular weight is 187 g/mol. The van der Waals surface area contributed by atoms with Gasteiger partial charge in [-0.15, -0.1) is 0 Å². The molecular weight excluding hydrogens is 162 g/mol. The number of hydrazine groups is 1. The first-order valence-electron chi connectivity index (χ1n) is 4.77. The van der Waals surface area contributed by atoms with Gasteiger partial charge in [-0.1, -0.05) is 20.8 Å². The lowest BCUT2D eigenvalue weighted by atomic mass is 9.76. The molecule has 0 aromatic rings. The molecule has 0 bridgehead atoms. The molecule has 3 heteroatoms.